The van der Waals surface area contributed by atoms with E-state index in [1.54, 1.807) is 18.2 Å². The summed E-state index contributed by atoms with van der Waals surface area (Å²) in [7, 11) is 1.42. The molecule has 7 heteroatoms. The number of allylic oxidation sites excluding steroid dienone is 2. The van der Waals surface area contributed by atoms with Crippen LogP contribution in [-0.2, 0) is 9.59 Å². The molecule has 0 aromatic heterocycles. The van der Waals surface area contributed by atoms with Crippen LogP contribution in [0.15, 0.2) is 48.6 Å². The zero-order chi connectivity index (χ0) is 20.5. The van der Waals surface area contributed by atoms with Crippen LogP contribution < -0.4 is 9.47 Å². The first kappa shape index (κ1) is 20.7. The number of ether oxygens (including phenoxy) is 2. The number of benzene rings is 2. The summed E-state index contributed by atoms with van der Waals surface area (Å²) >= 11 is 0. The molecule has 28 heavy (non-hydrogen) atoms. The van der Waals surface area contributed by atoms with Gasteiger partial charge in [-0.1, -0.05) is 24.3 Å². The van der Waals surface area contributed by atoms with Gasteiger partial charge in [0.15, 0.2) is 41.4 Å². The van der Waals surface area contributed by atoms with Crippen LogP contribution >= 0.6 is 0 Å². The van der Waals surface area contributed by atoms with Crippen LogP contribution in [-0.4, -0.2) is 40.8 Å². The lowest BCUT2D eigenvalue weighted by atomic mass is 10.1. The number of aliphatic hydroxyl groups excluding tert-OH is 1. The van der Waals surface area contributed by atoms with Crippen molar-refractivity contribution in [3.05, 3.63) is 59.7 Å². The van der Waals surface area contributed by atoms with E-state index >= 15 is 0 Å². The van der Waals surface area contributed by atoms with Crippen molar-refractivity contribution in [2.45, 2.75) is 6.42 Å². The van der Waals surface area contributed by atoms with Gasteiger partial charge in [-0.25, -0.2) is 0 Å². The molecule has 0 aliphatic rings. The van der Waals surface area contributed by atoms with Crippen molar-refractivity contribution in [1.82, 2.24) is 0 Å². The van der Waals surface area contributed by atoms with Crippen molar-refractivity contribution in [3.63, 3.8) is 0 Å². The van der Waals surface area contributed by atoms with Gasteiger partial charge in [-0.15, -0.1) is 0 Å². The van der Waals surface area contributed by atoms with Gasteiger partial charge in [-0.3, -0.25) is 9.59 Å². The quantitative estimate of drug-likeness (QED) is 0.346. The van der Waals surface area contributed by atoms with E-state index < -0.39 is 12.6 Å². The number of rotatable bonds is 9. The number of methoxy groups -OCH3 is 1. The van der Waals surface area contributed by atoms with Gasteiger partial charge in [0.2, 0.25) is 0 Å². The number of hydrogen-bond acceptors (Lipinski definition) is 7. The van der Waals surface area contributed by atoms with Crippen molar-refractivity contribution in [1.29, 1.82) is 0 Å². The summed E-state index contributed by atoms with van der Waals surface area (Å²) in [4.78, 5) is 23.9. The van der Waals surface area contributed by atoms with E-state index in [9.17, 15) is 19.8 Å². The highest BCUT2D eigenvalue weighted by molar-refractivity contribution is 6.10. The minimum absolute atomic E-state index is 0.00642. The standard InChI is InChI=1S/C21H20O7/c1-27-20-10-14(4-8-18(20)25)2-6-16(23)12-17(24)7-3-15-5-9-19(26)21(11-15)28-13-22/h2-11,22,25-26H,12-13H2,1H3. The molecular formula is C21H20O7. The first-order valence-electron chi connectivity index (χ1n) is 8.28. The van der Waals surface area contributed by atoms with Crippen LogP contribution in [0.3, 0.4) is 0 Å². The summed E-state index contributed by atoms with van der Waals surface area (Å²) in [5, 5.41) is 27.9. The number of phenolic OH excluding ortho intramolecular Hbond substituents is 2. The fraction of sp³-hybridized carbons (Fsp3) is 0.143. The van der Waals surface area contributed by atoms with Crippen molar-refractivity contribution >= 4 is 23.7 Å². The average molecular weight is 384 g/mol. The number of aromatic hydroxyl groups is 2. The Hall–Kier alpha value is -3.58. The zero-order valence-electron chi connectivity index (χ0n) is 15.2. The Morgan fingerprint density at radius 3 is 1.89 bits per heavy atom. The maximum absolute atomic E-state index is 11.9. The number of carbonyl (C=O) groups excluding carboxylic acids is 2. The largest absolute Gasteiger partial charge is 0.504 e. The molecule has 0 aliphatic carbocycles. The highest BCUT2D eigenvalue weighted by Crippen LogP contribution is 2.27. The minimum atomic E-state index is -0.590. The number of hydrogen-bond donors (Lipinski definition) is 3. The van der Waals surface area contributed by atoms with Gasteiger partial charge >= 0.3 is 0 Å². The Morgan fingerprint density at radius 2 is 1.39 bits per heavy atom. The van der Waals surface area contributed by atoms with Crippen molar-refractivity contribution in [2.24, 2.45) is 0 Å². The normalized spacial score (nSPS) is 11.1. The first-order chi connectivity index (χ1) is 13.4. The summed E-state index contributed by atoms with van der Waals surface area (Å²) in [6, 6.07) is 9.01. The molecule has 146 valence electrons. The second-order valence-corrected chi connectivity index (χ2v) is 5.71. The molecular weight excluding hydrogens is 364 g/mol. The third-order valence-corrected chi connectivity index (χ3v) is 3.68. The Labute approximate surface area is 161 Å². The van der Waals surface area contributed by atoms with Gasteiger partial charge in [-0.05, 0) is 47.5 Å². The number of aliphatic hydroxyl groups is 1. The maximum Gasteiger partial charge on any atom is 0.186 e. The Balaban J connectivity index is 1.96. The molecule has 0 saturated heterocycles. The summed E-state index contributed by atoms with van der Waals surface area (Å²) in [5.41, 5.74) is 1.21. The zero-order valence-corrected chi connectivity index (χ0v) is 15.2. The maximum atomic E-state index is 11.9. The number of phenols is 2. The molecule has 2 aromatic rings. The van der Waals surface area contributed by atoms with E-state index in [2.05, 4.69) is 0 Å². The average Bonchev–Trinajstić information content (AvgIpc) is 2.68. The van der Waals surface area contributed by atoms with Gasteiger partial charge in [0, 0.05) is 0 Å². The van der Waals surface area contributed by atoms with Gasteiger partial charge in [-0.2, -0.15) is 0 Å². The third kappa shape index (κ3) is 6.00. The van der Waals surface area contributed by atoms with Crippen LogP contribution in [0.5, 0.6) is 23.0 Å². The Morgan fingerprint density at radius 1 is 0.893 bits per heavy atom. The molecule has 0 heterocycles. The molecule has 0 unspecified atom stereocenters. The molecule has 0 aliphatic heterocycles. The molecule has 0 fully saturated rings. The van der Waals surface area contributed by atoms with Crippen molar-refractivity contribution < 1.29 is 34.4 Å². The van der Waals surface area contributed by atoms with E-state index in [-0.39, 0.29) is 35.2 Å². The summed E-state index contributed by atoms with van der Waals surface area (Å²) < 4.78 is 9.84. The highest BCUT2D eigenvalue weighted by Gasteiger charge is 2.06. The fourth-order valence-electron chi connectivity index (χ4n) is 2.29. The molecule has 0 spiro atoms. The van der Waals surface area contributed by atoms with Crippen molar-refractivity contribution in [2.75, 3.05) is 13.9 Å². The van der Waals surface area contributed by atoms with Crippen molar-refractivity contribution in [3.8, 4) is 23.0 Å². The van der Waals surface area contributed by atoms with E-state index in [1.165, 1.54) is 49.6 Å². The molecule has 7 nitrogen and oxygen atoms in total. The molecule has 0 saturated carbocycles. The Bertz CT molecular complexity index is 913. The molecule has 2 aromatic carbocycles. The lowest BCUT2D eigenvalue weighted by Gasteiger charge is -2.05. The summed E-state index contributed by atoms with van der Waals surface area (Å²) in [6.45, 7) is -0.590. The molecule has 0 radical (unpaired) electrons. The second-order valence-electron chi connectivity index (χ2n) is 5.71. The minimum Gasteiger partial charge on any atom is -0.504 e. The van der Waals surface area contributed by atoms with Crippen LogP contribution in [0.1, 0.15) is 17.5 Å². The topological polar surface area (TPSA) is 113 Å². The van der Waals surface area contributed by atoms with Crippen LogP contribution in [0.2, 0.25) is 0 Å². The fourth-order valence-corrected chi connectivity index (χ4v) is 2.29. The van der Waals surface area contributed by atoms with Gasteiger partial charge in [0.25, 0.3) is 0 Å². The van der Waals surface area contributed by atoms with Gasteiger partial charge in [0.1, 0.15) is 0 Å². The Kier molecular flexibility index (Phi) is 7.36. The lowest BCUT2D eigenvalue weighted by Crippen LogP contribution is -2.02. The molecule has 0 amide bonds. The first-order valence-corrected chi connectivity index (χ1v) is 8.28. The second kappa shape index (κ2) is 9.94. The molecule has 3 N–H and O–H groups in total. The van der Waals surface area contributed by atoms with E-state index in [0.717, 1.165) is 0 Å². The smallest absolute Gasteiger partial charge is 0.186 e. The molecule has 2 rings (SSSR count). The van der Waals surface area contributed by atoms with Crippen LogP contribution in [0.4, 0.5) is 0 Å². The summed E-state index contributed by atoms with van der Waals surface area (Å²) in [5.74, 6) is -0.545. The third-order valence-electron chi connectivity index (χ3n) is 3.68. The number of ketones is 2. The van der Waals surface area contributed by atoms with E-state index in [4.69, 9.17) is 14.6 Å². The van der Waals surface area contributed by atoms with Gasteiger partial charge in [0.05, 0.1) is 13.5 Å². The molecule has 0 bridgehead atoms. The predicted octanol–water partition coefficient (Wildman–Crippen LogP) is 2.69. The van der Waals surface area contributed by atoms with Crippen LogP contribution in [0, 0.1) is 0 Å². The molecule has 0 atom stereocenters. The van der Waals surface area contributed by atoms with Crippen LogP contribution in [0.25, 0.3) is 12.2 Å². The van der Waals surface area contributed by atoms with E-state index in [0.29, 0.717) is 11.1 Å². The highest BCUT2D eigenvalue weighted by atomic mass is 16.6. The summed E-state index contributed by atoms with van der Waals surface area (Å²) in [6.07, 6.45) is 5.24. The SMILES string of the molecule is COc1cc(C=CC(=O)CC(=O)C=Cc2ccc(O)c(OCO)c2)ccc1O. The lowest BCUT2D eigenvalue weighted by molar-refractivity contribution is -0.121. The predicted molar refractivity (Wildman–Crippen MR) is 103 cm³/mol. The van der Waals surface area contributed by atoms with E-state index in [1.807, 2.05) is 0 Å². The monoisotopic (exact) mass is 384 g/mol. The number of carbonyl (C=O) groups is 2. The van der Waals surface area contributed by atoms with Gasteiger partial charge < -0.3 is 24.8 Å².